The molecule has 2 aromatic carbocycles. The highest BCUT2D eigenvalue weighted by Gasteiger charge is 2.14. The average Bonchev–Trinajstić information content (AvgIpc) is 2.51. The van der Waals surface area contributed by atoms with Crippen LogP contribution in [-0.2, 0) is 9.53 Å². The van der Waals surface area contributed by atoms with Crippen molar-refractivity contribution in [1.29, 1.82) is 0 Å². The Hall–Kier alpha value is -1.99. The molecule has 0 aliphatic carbocycles. The number of esters is 1. The van der Waals surface area contributed by atoms with Gasteiger partial charge in [0.1, 0.15) is 0 Å². The summed E-state index contributed by atoms with van der Waals surface area (Å²) < 4.78 is 31.2. The van der Waals surface area contributed by atoms with Crippen LogP contribution in [0.1, 0.15) is 10.4 Å². The zero-order chi connectivity index (χ0) is 17.0. The van der Waals surface area contributed by atoms with Gasteiger partial charge >= 0.3 is 5.97 Å². The number of hydrogen-bond acceptors (Lipinski definition) is 3. The van der Waals surface area contributed by atoms with Crippen LogP contribution in [0.25, 0.3) is 0 Å². The summed E-state index contributed by atoms with van der Waals surface area (Å²) in [5, 5.41) is 2.46. The SMILES string of the molecule is O=C(COC(=O)c1cc(Br)ccc1Cl)Nc1ccc(F)c(F)c1. The largest absolute Gasteiger partial charge is 0.452 e. The van der Waals surface area contributed by atoms with E-state index >= 15 is 0 Å². The van der Waals surface area contributed by atoms with E-state index in [1.807, 2.05) is 0 Å². The maximum absolute atomic E-state index is 13.0. The van der Waals surface area contributed by atoms with Crippen LogP contribution in [0.15, 0.2) is 40.9 Å². The highest BCUT2D eigenvalue weighted by molar-refractivity contribution is 9.10. The second-order valence-corrected chi connectivity index (χ2v) is 5.70. The number of halogens is 4. The number of anilines is 1. The molecule has 8 heteroatoms. The summed E-state index contributed by atoms with van der Waals surface area (Å²) in [6.07, 6.45) is 0. The molecule has 1 amide bonds. The first-order valence-corrected chi connectivity index (χ1v) is 7.41. The molecule has 0 saturated carbocycles. The summed E-state index contributed by atoms with van der Waals surface area (Å²) >= 11 is 9.06. The summed E-state index contributed by atoms with van der Waals surface area (Å²) in [5.41, 5.74) is 0.145. The second kappa shape index (κ2) is 7.52. The molecule has 120 valence electrons. The van der Waals surface area contributed by atoms with Crippen LogP contribution in [0.4, 0.5) is 14.5 Å². The van der Waals surface area contributed by atoms with Crippen LogP contribution in [-0.4, -0.2) is 18.5 Å². The second-order valence-electron chi connectivity index (χ2n) is 4.38. The molecule has 0 heterocycles. The minimum absolute atomic E-state index is 0.0467. The molecule has 0 aromatic heterocycles. The third-order valence-corrected chi connectivity index (χ3v) is 3.51. The fourth-order valence-electron chi connectivity index (χ4n) is 1.63. The molecule has 0 atom stereocenters. The molecule has 4 nitrogen and oxygen atoms in total. The number of rotatable bonds is 4. The lowest BCUT2D eigenvalue weighted by molar-refractivity contribution is -0.119. The predicted octanol–water partition coefficient (Wildman–Crippen LogP) is 4.18. The Kier molecular flexibility index (Phi) is 5.68. The van der Waals surface area contributed by atoms with Gasteiger partial charge in [0.25, 0.3) is 5.91 Å². The van der Waals surface area contributed by atoms with Crippen molar-refractivity contribution >= 4 is 45.1 Å². The van der Waals surface area contributed by atoms with Gasteiger partial charge in [0.2, 0.25) is 0 Å². The number of carbonyl (C=O) groups excluding carboxylic acids is 2. The van der Waals surface area contributed by atoms with E-state index in [1.165, 1.54) is 18.2 Å². The zero-order valence-corrected chi connectivity index (χ0v) is 13.7. The topological polar surface area (TPSA) is 55.4 Å². The Morgan fingerprint density at radius 1 is 1.13 bits per heavy atom. The van der Waals surface area contributed by atoms with Gasteiger partial charge in [-0.15, -0.1) is 0 Å². The van der Waals surface area contributed by atoms with Crippen molar-refractivity contribution in [1.82, 2.24) is 0 Å². The van der Waals surface area contributed by atoms with Gasteiger partial charge in [-0.3, -0.25) is 4.79 Å². The summed E-state index contributed by atoms with van der Waals surface area (Å²) in [7, 11) is 0. The number of nitrogens with one attached hydrogen (secondary N) is 1. The third-order valence-electron chi connectivity index (χ3n) is 2.69. The lowest BCUT2D eigenvalue weighted by atomic mass is 10.2. The molecular weight excluding hydrogens is 396 g/mol. The van der Waals surface area contributed by atoms with Crippen molar-refractivity contribution in [2.45, 2.75) is 0 Å². The van der Waals surface area contributed by atoms with Crippen LogP contribution in [0.5, 0.6) is 0 Å². The van der Waals surface area contributed by atoms with E-state index in [4.69, 9.17) is 16.3 Å². The van der Waals surface area contributed by atoms with E-state index in [-0.39, 0.29) is 16.3 Å². The summed E-state index contributed by atoms with van der Waals surface area (Å²) in [6, 6.07) is 7.48. The van der Waals surface area contributed by atoms with Gasteiger partial charge in [-0.1, -0.05) is 27.5 Å². The standard InChI is InChI=1S/C15H9BrClF2NO3/c16-8-1-3-11(17)10(5-8)15(22)23-7-14(21)20-9-2-4-12(18)13(19)6-9/h1-6H,7H2,(H,20,21). The van der Waals surface area contributed by atoms with Crippen LogP contribution >= 0.6 is 27.5 Å². The molecular formula is C15H9BrClF2NO3. The number of carbonyl (C=O) groups is 2. The Bertz CT molecular complexity index is 770. The zero-order valence-electron chi connectivity index (χ0n) is 11.4. The van der Waals surface area contributed by atoms with Gasteiger partial charge < -0.3 is 10.1 Å². The fourth-order valence-corrected chi connectivity index (χ4v) is 2.19. The fraction of sp³-hybridized carbons (Fsp3) is 0.0667. The maximum Gasteiger partial charge on any atom is 0.340 e. The first kappa shape index (κ1) is 17.4. The molecule has 0 radical (unpaired) electrons. The van der Waals surface area contributed by atoms with Crippen molar-refractivity contribution in [3.8, 4) is 0 Å². The lowest BCUT2D eigenvalue weighted by Gasteiger charge is -2.08. The predicted molar refractivity (Wildman–Crippen MR) is 84.4 cm³/mol. The first-order chi connectivity index (χ1) is 10.9. The number of hydrogen-bond donors (Lipinski definition) is 1. The Morgan fingerprint density at radius 2 is 1.87 bits per heavy atom. The highest BCUT2D eigenvalue weighted by atomic mass is 79.9. The first-order valence-electron chi connectivity index (χ1n) is 6.24. The Labute approximate surface area is 143 Å². The van der Waals surface area contributed by atoms with Crippen LogP contribution in [0, 0.1) is 11.6 Å². The Morgan fingerprint density at radius 3 is 2.57 bits per heavy atom. The van der Waals surface area contributed by atoms with Crippen LogP contribution in [0.3, 0.4) is 0 Å². The average molecular weight is 405 g/mol. The van der Waals surface area contributed by atoms with Crippen LogP contribution in [0.2, 0.25) is 5.02 Å². The monoisotopic (exact) mass is 403 g/mol. The molecule has 23 heavy (non-hydrogen) atoms. The third kappa shape index (κ3) is 4.74. The van der Waals surface area contributed by atoms with Crippen molar-refractivity contribution < 1.29 is 23.1 Å². The lowest BCUT2D eigenvalue weighted by Crippen LogP contribution is -2.21. The summed E-state index contributed by atoms with van der Waals surface area (Å²) in [5.74, 6) is -3.60. The normalized spacial score (nSPS) is 10.3. The molecule has 0 unspecified atom stereocenters. The number of amides is 1. The Balaban J connectivity index is 1.94. The van der Waals surface area contributed by atoms with Crippen molar-refractivity contribution in [2.75, 3.05) is 11.9 Å². The molecule has 0 bridgehead atoms. The molecule has 0 fully saturated rings. The minimum atomic E-state index is -1.10. The number of benzene rings is 2. The van der Waals surface area contributed by atoms with Gasteiger partial charge in [0.05, 0.1) is 10.6 Å². The molecule has 1 N–H and O–H groups in total. The maximum atomic E-state index is 13.0. The van der Waals surface area contributed by atoms with Crippen LogP contribution < -0.4 is 5.32 Å². The summed E-state index contributed by atoms with van der Waals surface area (Å²) in [4.78, 5) is 23.5. The number of ether oxygens (including phenoxy) is 1. The van der Waals surface area contributed by atoms with E-state index in [2.05, 4.69) is 21.2 Å². The van der Waals surface area contributed by atoms with E-state index < -0.39 is 30.1 Å². The van der Waals surface area contributed by atoms with Gasteiger partial charge in [-0.25, -0.2) is 13.6 Å². The van der Waals surface area contributed by atoms with E-state index in [0.717, 1.165) is 12.1 Å². The molecule has 0 saturated heterocycles. The molecule has 2 aromatic rings. The van der Waals surface area contributed by atoms with E-state index in [1.54, 1.807) is 6.07 Å². The van der Waals surface area contributed by atoms with Crippen molar-refractivity contribution in [2.24, 2.45) is 0 Å². The molecule has 0 spiro atoms. The molecule has 0 aliphatic rings. The van der Waals surface area contributed by atoms with Gasteiger partial charge in [-0.2, -0.15) is 0 Å². The quantitative estimate of drug-likeness (QED) is 0.778. The highest BCUT2D eigenvalue weighted by Crippen LogP contribution is 2.21. The van der Waals surface area contributed by atoms with Gasteiger partial charge in [0.15, 0.2) is 18.2 Å². The van der Waals surface area contributed by atoms with Gasteiger partial charge in [0, 0.05) is 16.2 Å². The minimum Gasteiger partial charge on any atom is -0.452 e. The smallest absolute Gasteiger partial charge is 0.340 e. The summed E-state index contributed by atoms with van der Waals surface area (Å²) in [6.45, 7) is -0.597. The molecule has 0 aliphatic heterocycles. The van der Waals surface area contributed by atoms with E-state index in [9.17, 15) is 18.4 Å². The molecule has 2 rings (SSSR count). The van der Waals surface area contributed by atoms with Crippen molar-refractivity contribution in [3.63, 3.8) is 0 Å². The van der Waals surface area contributed by atoms with Crippen molar-refractivity contribution in [3.05, 3.63) is 63.1 Å². The van der Waals surface area contributed by atoms with E-state index in [0.29, 0.717) is 4.47 Å². The van der Waals surface area contributed by atoms with Gasteiger partial charge in [-0.05, 0) is 30.3 Å².